The number of benzene rings is 1. The molecule has 0 amide bonds. The number of amidine groups is 1. The van der Waals surface area contributed by atoms with Gasteiger partial charge in [-0.1, -0.05) is 22.0 Å². The summed E-state index contributed by atoms with van der Waals surface area (Å²) in [7, 11) is 1.62. The molecule has 0 saturated heterocycles. The fourth-order valence-corrected chi connectivity index (χ4v) is 3.13. The lowest BCUT2D eigenvalue weighted by molar-refractivity contribution is 0.107. The first kappa shape index (κ1) is 17.1. The molecule has 1 heterocycles. The Hall–Kier alpha value is -1.31. The summed E-state index contributed by atoms with van der Waals surface area (Å²) in [6.07, 6.45) is 1.54. The quantitative estimate of drug-likeness (QED) is 0.478. The maximum absolute atomic E-state index is 13.2. The zero-order chi connectivity index (χ0) is 16.1. The van der Waals surface area contributed by atoms with Crippen molar-refractivity contribution in [2.75, 3.05) is 7.11 Å². The monoisotopic (exact) mass is 385 g/mol. The predicted octanol–water partition coefficient (Wildman–Crippen LogP) is 4.13. The third-order valence-electron chi connectivity index (χ3n) is 3.06. The van der Waals surface area contributed by atoms with Crippen molar-refractivity contribution in [1.82, 2.24) is 10.3 Å². The minimum absolute atomic E-state index is 0.162. The average molecular weight is 386 g/mol. The van der Waals surface area contributed by atoms with Gasteiger partial charge in [0, 0.05) is 23.2 Å². The van der Waals surface area contributed by atoms with Crippen LogP contribution in [0, 0.1) is 5.82 Å². The first-order valence-electron chi connectivity index (χ1n) is 6.73. The third kappa shape index (κ3) is 4.34. The molecule has 0 spiro atoms. The van der Waals surface area contributed by atoms with Crippen molar-refractivity contribution in [2.24, 2.45) is 4.99 Å². The topological polar surface area (TPSA) is 46.5 Å². The minimum atomic E-state index is -0.280. The van der Waals surface area contributed by atoms with Crippen LogP contribution in [0.3, 0.4) is 0 Å². The number of thiazole rings is 1. The van der Waals surface area contributed by atoms with E-state index in [-0.39, 0.29) is 18.1 Å². The van der Waals surface area contributed by atoms with Gasteiger partial charge in [-0.2, -0.15) is 0 Å². The Morgan fingerprint density at radius 3 is 2.82 bits per heavy atom. The summed E-state index contributed by atoms with van der Waals surface area (Å²) in [5.41, 5.74) is 0.905. The van der Waals surface area contributed by atoms with Crippen LogP contribution in [-0.2, 0) is 4.74 Å². The van der Waals surface area contributed by atoms with Crippen molar-refractivity contribution < 1.29 is 9.13 Å². The predicted molar refractivity (Wildman–Crippen MR) is 90.8 cm³/mol. The van der Waals surface area contributed by atoms with Crippen LogP contribution in [0.15, 0.2) is 39.2 Å². The van der Waals surface area contributed by atoms with Gasteiger partial charge in [0.05, 0.1) is 6.04 Å². The molecule has 2 rings (SSSR count). The van der Waals surface area contributed by atoms with Crippen LogP contribution >= 0.6 is 27.3 Å². The molecule has 0 bridgehead atoms. The van der Waals surface area contributed by atoms with Gasteiger partial charge >= 0.3 is 0 Å². The number of methoxy groups -OCH3 is 1. The van der Waals surface area contributed by atoms with Crippen molar-refractivity contribution in [1.29, 1.82) is 0 Å². The molecule has 0 fully saturated rings. The summed E-state index contributed by atoms with van der Waals surface area (Å²) in [6.45, 7) is 3.84. The maximum atomic E-state index is 13.2. The van der Waals surface area contributed by atoms with E-state index in [0.29, 0.717) is 10.3 Å². The molecule has 1 N–H and O–H groups in total. The number of ether oxygens (including phenoxy) is 1. The minimum Gasteiger partial charge on any atom is -0.362 e. The van der Waals surface area contributed by atoms with E-state index in [4.69, 9.17) is 4.74 Å². The molecule has 2 atom stereocenters. The molecule has 1 aromatic carbocycles. The zero-order valence-electron chi connectivity index (χ0n) is 12.5. The number of rotatable bonds is 5. The summed E-state index contributed by atoms with van der Waals surface area (Å²) in [6, 6.07) is 4.44. The molecule has 0 aliphatic rings. The lowest BCUT2D eigenvalue weighted by Crippen LogP contribution is -2.34. The highest BCUT2D eigenvalue weighted by Gasteiger charge is 2.14. The van der Waals surface area contributed by atoms with Gasteiger partial charge in [-0.3, -0.25) is 4.99 Å². The van der Waals surface area contributed by atoms with Crippen molar-refractivity contribution in [3.8, 4) is 0 Å². The van der Waals surface area contributed by atoms with E-state index in [9.17, 15) is 4.39 Å². The number of nitrogens with zero attached hydrogens (tertiary/aromatic N) is 2. The van der Waals surface area contributed by atoms with E-state index >= 15 is 0 Å². The molecule has 2 aromatic rings. The molecule has 4 nitrogen and oxygen atoms in total. The molecular formula is C15H17BrFN3OS. The van der Waals surface area contributed by atoms with Crippen LogP contribution in [0.25, 0.3) is 0 Å². The highest BCUT2D eigenvalue weighted by Crippen LogP contribution is 2.27. The average Bonchev–Trinajstić information content (AvgIpc) is 3.00. The van der Waals surface area contributed by atoms with Gasteiger partial charge in [-0.15, -0.1) is 11.3 Å². The van der Waals surface area contributed by atoms with Gasteiger partial charge in [0.15, 0.2) is 10.8 Å². The molecule has 7 heteroatoms. The second-order valence-electron chi connectivity index (χ2n) is 4.68. The summed E-state index contributed by atoms with van der Waals surface area (Å²) >= 11 is 4.88. The normalized spacial score (nSPS) is 14.7. The molecule has 1 unspecified atom stereocenters. The molecule has 0 saturated carbocycles. The Morgan fingerprint density at radius 2 is 2.23 bits per heavy atom. The molecule has 1 aromatic heterocycles. The molecule has 0 aliphatic heterocycles. The van der Waals surface area contributed by atoms with Crippen molar-refractivity contribution in [3.05, 3.63) is 50.6 Å². The van der Waals surface area contributed by atoms with E-state index < -0.39 is 0 Å². The van der Waals surface area contributed by atoms with Gasteiger partial charge in [0.2, 0.25) is 0 Å². The number of hydrogen-bond donors (Lipinski definition) is 1. The summed E-state index contributed by atoms with van der Waals surface area (Å²) in [5, 5.41) is 5.86. The molecule has 118 valence electrons. The van der Waals surface area contributed by atoms with Crippen LogP contribution in [0.2, 0.25) is 0 Å². The van der Waals surface area contributed by atoms with E-state index in [0.717, 1.165) is 10.6 Å². The van der Waals surface area contributed by atoms with E-state index in [1.807, 2.05) is 19.2 Å². The van der Waals surface area contributed by atoms with Crippen LogP contribution in [0.5, 0.6) is 0 Å². The molecule has 22 heavy (non-hydrogen) atoms. The van der Waals surface area contributed by atoms with Crippen LogP contribution < -0.4 is 5.32 Å². The van der Waals surface area contributed by atoms with Crippen LogP contribution in [0.1, 0.15) is 30.5 Å². The number of aliphatic imine (C=N–C) groups is 1. The lowest BCUT2D eigenvalue weighted by Gasteiger charge is -2.17. The Kier molecular flexibility index (Phi) is 6.05. The Balaban J connectivity index is 2.31. The first-order chi connectivity index (χ1) is 10.5. The highest BCUT2D eigenvalue weighted by atomic mass is 79.9. The van der Waals surface area contributed by atoms with Gasteiger partial charge in [-0.25, -0.2) is 9.37 Å². The van der Waals surface area contributed by atoms with Gasteiger partial charge < -0.3 is 10.1 Å². The number of hydrogen-bond acceptors (Lipinski definition) is 4. The summed E-state index contributed by atoms with van der Waals surface area (Å²) in [4.78, 5) is 8.97. The SMILES string of the molecule is COC(C)NC(=N[C@H](C)c1ccc(F)cc1Br)c1nccs1. The Labute approximate surface area is 141 Å². The second-order valence-corrected chi connectivity index (χ2v) is 6.43. The van der Waals surface area contributed by atoms with Crippen molar-refractivity contribution in [3.63, 3.8) is 0 Å². The number of nitrogens with one attached hydrogen (secondary N) is 1. The first-order valence-corrected chi connectivity index (χ1v) is 8.40. The standard InChI is InChI=1S/C15H17BrFN3OS/c1-9(12-5-4-11(17)8-13(12)16)19-14(20-10(2)21-3)15-18-6-7-22-15/h4-10H,1-3H3,(H,19,20)/t9-,10?/m1/s1. The number of aromatic nitrogens is 1. The smallest absolute Gasteiger partial charge is 0.160 e. The van der Waals surface area contributed by atoms with E-state index in [2.05, 4.69) is 31.2 Å². The van der Waals surface area contributed by atoms with Gasteiger partial charge in [0.25, 0.3) is 0 Å². The third-order valence-corrected chi connectivity index (χ3v) is 4.53. The maximum Gasteiger partial charge on any atom is 0.160 e. The molecule has 0 aliphatic carbocycles. The van der Waals surface area contributed by atoms with E-state index in [1.165, 1.54) is 23.5 Å². The fraction of sp³-hybridized carbons (Fsp3) is 0.333. The summed E-state index contributed by atoms with van der Waals surface area (Å²) < 4.78 is 19.1. The molecule has 0 radical (unpaired) electrons. The van der Waals surface area contributed by atoms with Crippen LogP contribution in [-0.4, -0.2) is 24.2 Å². The largest absolute Gasteiger partial charge is 0.362 e. The number of halogens is 2. The van der Waals surface area contributed by atoms with Crippen LogP contribution in [0.4, 0.5) is 4.39 Å². The van der Waals surface area contributed by atoms with Crippen molar-refractivity contribution >= 4 is 33.1 Å². The second kappa shape index (κ2) is 7.80. The highest BCUT2D eigenvalue weighted by molar-refractivity contribution is 9.10. The molecular weight excluding hydrogens is 369 g/mol. The van der Waals surface area contributed by atoms with E-state index in [1.54, 1.807) is 19.4 Å². The summed E-state index contributed by atoms with van der Waals surface area (Å²) in [5.74, 6) is 0.381. The Bertz CT molecular complexity index is 648. The van der Waals surface area contributed by atoms with Gasteiger partial charge in [0.1, 0.15) is 12.0 Å². The van der Waals surface area contributed by atoms with Gasteiger partial charge in [-0.05, 0) is 31.5 Å². The van der Waals surface area contributed by atoms with Crippen molar-refractivity contribution in [2.45, 2.75) is 26.1 Å². The lowest BCUT2D eigenvalue weighted by atomic mass is 10.1. The fourth-order valence-electron chi connectivity index (χ4n) is 1.85. The zero-order valence-corrected chi connectivity index (χ0v) is 14.9. The Morgan fingerprint density at radius 1 is 1.45 bits per heavy atom.